The zero-order valence-corrected chi connectivity index (χ0v) is 11.6. The fourth-order valence-electron chi connectivity index (χ4n) is 2.40. The van der Waals surface area contributed by atoms with Crippen molar-refractivity contribution >= 4 is 11.6 Å². The molecule has 1 atom stereocenters. The monoisotopic (exact) mass is 298 g/mol. The van der Waals surface area contributed by atoms with Gasteiger partial charge in [-0.3, -0.25) is 9.59 Å². The Labute approximate surface area is 121 Å². The summed E-state index contributed by atoms with van der Waals surface area (Å²) >= 11 is 0. The molecule has 6 heteroatoms. The number of ketones is 2. The van der Waals surface area contributed by atoms with Crippen LogP contribution < -0.4 is 9.47 Å². The quantitative estimate of drug-likeness (QED) is 0.757. The molecule has 1 aromatic carbocycles. The Morgan fingerprint density at radius 3 is 2.71 bits per heavy atom. The summed E-state index contributed by atoms with van der Waals surface area (Å²) < 4.78 is 34.2. The predicted octanol–water partition coefficient (Wildman–Crippen LogP) is 3.24. The second kappa shape index (κ2) is 6.65. The van der Waals surface area contributed by atoms with Crippen LogP contribution in [0.3, 0.4) is 0 Å². The first-order chi connectivity index (χ1) is 10.0. The largest absolute Gasteiger partial charge is 0.490 e. The summed E-state index contributed by atoms with van der Waals surface area (Å²) in [6.45, 7) is -0.992. The second-order valence-corrected chi connectivity index (χ2v) is 4.82. The highest BCUT2D eigenvalue weighted by Gasteiger charge is 2.29. The molecular formula is C15H16F2O4. The van der Waals surface area contributed by atoms with Gasteiger partial charge in [0.2, 0.25) is 0 Å². The highest BCUT2D eigenvalue weighted by Crippen LogP contribution is 2.32. The van der Waals surface area contributed by atoms with Crippen LogP contribution in [0.5, 0.6) is 11.5 Å². The molecule has 0 aromatic heterocycles. The van der Waals surface area contributed by atoms with Crippen molar-refractivity contribution < 1.29 is 27.8 Å². The van der Waals surface area contributed by atoms with Gasteiger partial charge >= 0.3 is 6.61 Å². The van der Waals surface area contributed by atoms with Gasteiger partial charge < -0.3 is 9.47 Å². The summed E-state index contributed by atoms with van der Waals surface area (Å²) in [5.74, 6) is -0.408. The zero-order valence-electron chi connectivity index (χ0n) is 11.6. The summed E-state index contributed by atoms with van der Waals surface area (Å²) in [6.07, 6.45) is 1.20. The first kappa shape index (κ1) is 15.4. The van der Waals surface area contributed by atoms with E-state index >= 15 is 0 Å². The van der Waals surface area contributed by atoms with Crippen LogP contribution in [0.25, 0.3) is 0 Å². The van der Waals surface area contributed by atoms with Gasteiger partial charge in [0.25, 0.3) is 0 Å². The Kier molecular flexibility index (Phi) is 4.88. The highest BCUT2D eigenvalue weighted by atomic mass is 19.3. The van der Waals surface area contributed by atoms with Gasteiger partial charge in [-0.1, -0.05) is 0 Å². The fourth-order valence-corrected chi connectivity index (χ4v) is 2.40. The number of alkyl halides is 2. The molecule has 0 heterocycles. The van der Waals surface area contributed by atoms with Gasteiger partial charge in [-0.25, -0.2) is 0 Å². The van der Waals surface area contributed by atoms with Crippen molar-refractivity contribution in [2.24, 2.45) is 5.92 Å². The Hall–Kier alpha value is -1.98. The lowest BCUT2D eigenvalue weighted by atomic mass is 9.96. The maximum absolute atomic E-state index is 12.3. The lowest BCUT2D eigenvalue weighted by molar-refractivity contribution is -0.117. The number of Topliss-reactive ketones (excluding diaryl/α,β-unsaturated/α-hetero) is 2. The van der Waals surface area contributed by atoms with Gasteiger partial charge in [0.15, 0.2) is 17.3 Å². The fraction of sp³-hybridized carbons (Fsp3) is 0.467. The number of hydrogen-bond donors (Lipinski definition) is 0. The van der Waals surface area contributed by atoms with Gasteiger partial charge in [0.1, 0.15) is 5.78 Å². The lowest BCUT2D eigenvalue weighted by Crippen LogP contribution is -2.12. The van der Waals surface area contributed by atoms with Crippen LogP contribution in [0.15, 0.2) is 18.2 Å². The summed E-state index contributed by atoms with van der Waals surface area (Å²) in [4.78, 5) is 23.5. The van der Waals surface area contributed by atoms with Gasteiger partial charge in [-0.2, -0.15) is 8.78 Å². The van der Waals surface area contributed by atoms with E-state index < -0.39 is 6.61 Å². The third-order valence-corrected chi connectivity index (χ3v) is 3.36. The SMILES string of the molecule is CCOc1cc(C(=O)C2CCC(=O)C2)ccc1OC(F)F. The van der Waals surface area contributed by atoms with Crippen LogP contribution in [-0.2, 0) is 4.79 Å². The molecule has 0 N–H and O–H groups in total. The van der Waals surface area contributed by atoms with E-state index in [-0.39, 0.29) is 42.0 Å². The molecule has 1 aliphatic rings. The van der Waals surface area contributed by atoms with Crippen LogP contribution in [0.4, 0.5) is 8.78 Å². The Balaban J connectivity index is 2.22. The topological polar surface area (TPSA) is 52.6 Å². The van der Waals surface area contributed by atoms with E-state index in [9.17, 15) is 18.4 Å². The molecule has 0 bridgehead atoms. The normalized spacial score (nSPS) is 18.1. The summed E-state index contributed by atoms with van der Waals surface area (Å²) in [5, 5.41) is 0. The molecule has 0 saturated heterocycles. The molecule has 2 rings (SSSR count). The number of halogens is 2. The maximum Gasteiger partial charge on any atom is 0.387 e. The Bertz CT molecular complexity index is 542. The molecule has 1 saturated carbocycles. The highest BCUT2D eigenvalue weighted by molar-refractivity contribution is 6.02. The third kappa shape index (κ3) is 3.77. The molecular weight excluding hydrogens is 282 g/mol. The third-order valence-electron chi connectivity index (χ3n) is 3.36. The summed E-state index contributed by atoms with van der Waals surface area (Å²) in [6, 6.07) is 4.11. The average molecular weight is 298 g/mol. The van der Waals surface area contributed by atoms with Gasteiger partial charge in [-0.05, 0) is 31.5 Å². The Morgan fingerprint density at radius 2 is 2.14 bits per heavy atom. The van der Waals surface area contributed by atoms with Crippen molar-refractivity contribution in [3.8, 4) is 11.5 Å². The number of carbonyl (C=O) groups is 2. The van der Waals surface area contributed by atoms with E-state index in [4.69, 9.17) is 4.74 Å². The van der Waals surface area contributed by atoms with Crippen LogP contribution in [0.1, 0.15) is 36.5 Å². The van der Waals surface area contributed by atoms with E-state index in [1.54, 1.807) is 6.92 Å². The molecule has 0 radical (unpaired) electrons. The summed E-state index contributed by atoms with van der Waals surface area (Å²) in [7, 11) is 0. The van der Waals surface area contributed by atoms with Crippen LogP contribution in [0, 0.1) is 5.92 Å². The average Bonchev–Trinajstić information content (AvgIpc) is 2.86. The van der Waals surface area contributed by atoms with Crippen LogP contribution in [0.2, 0.25) is 0 Å². The van der Waals surface area contributed by atoms with E-state index in [0.717, 1.165) is 0 Å². The van der Waals surface area contributed by atoms with Gasteiger partial charge in [0.05, 0.1) is 6.61 Å². The van der Waals surface area contributed by atoms with E-state index in [1.807, 2.05) is 0 Å². The number of hydrogen-bond acceptors (Lipinski definition) is 4. The van der Waals surface area contributed by atoms with Crippen molar-refractivity contribution in [1.82, 2.24) is 0 Å². The standard InChI is InChI=1S/C15H16F2O4/c1-2-20-13-8-10(4-6-12(13)21-15(16)17)14(19)9-3-5-11(18)7-9/h4,6,8-9,15H,2-3,5,7H2,1H3. The Morgan fingerprint density at radius 1 is 1.38 bits per heavy atom. The molecule has 1 aliphatic carbocycles. The lowest BCUT2D eigenvalue weighted by Gasteiger charge is -2.13. The smallest absolute Gasteiger partial charge is 0.387 e. The summed E-state index contributed by atoms with van der Waals surface area (Å²) in [5.41, 5.74) is 0.347. The first-order valence-corrected chi connectivity index (χ1v) is 6.78. The molecule has 4 nitrogen and oxygen atoms in total. The number of carbonyl (C=O) groups excluding carboxylic acids is 2. The van der Waals surface area contributed by atoms with Gasteiger partial charge in [-0.15, -0.1) is 0 Å². The molecule has 114 valence electrons. The molecule has 1 fully saturated rings. The van der Waals surface area contributed by atoms with Crippen molar-refractivity contribution in [2.45, 2.75) is 32.8 Å². The van der Waals surface area contributed by atoms with Crippen molar-refractivity contribution in [3.05, 3.63) is 23.8 Å². The first-order valence-electron chi connectivity index (χ1n) is 6.78. The molecule has 0 aliphatic heterocycles. The van der Waals surface area contributed by atoms with E-state index in [1.165, 1.54) is 18.2 Å². The molecule has 21 heavy (non-hydrogen) atoms. The maximum atomic E-state index is 12.3. The molecule has 0 amide bonds. The minimum atomic E-state index is -2.96. The predicted molar refractivity (Wildman–Crippen MR) is 70.9 cm³/mol. The molecule has 1 aromatic rings. The minimum absolute atomic E-state index is 0.0797. The number of benzene rings is 1. The number of rotatable bonds is 6. The molecule has 1 unspecified atom stereocenters. The zero-order chi connectivity index (χ0) is 15.4. The van der Waals surface area contributed by atoms with Crippen molar-refractivity contribution in [1.29, 1.82) is 0 Å². The molecule has 0 spiro atoms. The van der Waals surface area contributed by atoms with Crippen molar-refractivity contribution in [2.75, 3.05) is 6.61 Å². The van der Waals surface area contributed by atoms with E-state index in [0.29, 0.717) is 18.4 Å². The van der Waals surface area contributed by atoms with Crippen LogP contribution in [-0.4, -0.2) is 24.8 Å². The van der Waals surface area contributed by atoms with Crippen LogP contribution >= 0.6 is 0 Å². The van der Waals surface area contributed by atoms with Crippen molar-refractivity contribution in [3.63, 3.8) is 0 Å². The van der Waals surface area contributed by atoms with E-state index in [2.05, 4.69) is 4.74 Å². The minimum Gasteiger partial charge on any atom is -0.490 e. The number of ether oxygens (including phenoxy) is 2. The van der Waals surface area contributed by atoms with Gasteiger partial charge in [0, 0.05) is 24.3 Å². The second-order valence-electron chi connectivity index (χ2n) is 4.82.